The Kier molecular flexibility index (Phi) is 6.06. The van der Waals surface area contributed by atoms with Gasteiger partial charge in [-0.25, -0.2) is 15.0 Å². The summed E-state index contributed by atoms with van der Waals surface area (Å²) in [7, 11) is -2.51. The van der Waals surface area contributed by atoms with E-state index in [4.69, 9.17) is 8.85 Å². The summed E-state index contributed by atoms with van der Waals surface area (Å²) < 4.78 is 15.7. The quantitative estimate of drug-likeness (QED) is 0.462. The Morgan fingerprint density at radius 1 is 1.09 bits per heavy atom. The molecule has 5 rings (SSSR count). The number of rotatable bonds is 3. The van der Waals surface area contributed by atoms with Crippen molar-refractivity contribution in [1.29, 1.82) is 0 Å². The molecule has 8 nitrogen and oxygen atoms in total. The number of hydrogen-bond acceptors (Lipinski definition) is 7. The largest absolute Gasteiger partial charge is 0.392 e. The van der Waals surface area contributed by atoms with Gasteiger partial charge in [0.2, 0.25) is 0 Å². The molecule has 4 heterocycles. The van der Waals surface area contributed by atoms with Crippen LogP contribution < -0.4 is 5.32 Å². The number of aromatic nitrogens is 4. The smallest absolute Gasteiger partial charge is 0.349 e. The summed E-state index contributed by atoms with van der Waals surface area (Å²) in [5, 5.41) is 3.19. The summed E-state index contributed by atoms with van der Waals surface area (Å²) in [6.45, 7) is 14.2. The van der Waals surface area contributed by atoms with Gasteiger partial charge >= 0.3 is 8.56 Å². The molecule has 1 N–H and O–H groups in total. The standard InChI is InChI=1S/C25H33N5O3SSi/c1-24(2,3)35(25(4,5)6)32-13-18-17(33-35)12-19(34-18)30-15-28-20-21(26-14-27-22(20)30)29-23(31)16-10-8-7-9-11-16/h7-11,14-15,17-19H,12-13H2,1-6H3,(H,26,27,29,31)/t17-,18+,19+/m0/s1. The molecule has 3 aromatic rings. The SMILES string of the molecule is CC(C)(C)[Si]1(C(C)(C)C)OC[C@H]2S[C@@H](n3cnc4c(NC(=O)c5ccccc5)ncnc43)C[C@@H]2O1. The van der Waals surface area contributed by atoms with Crippen molar-refractivity contribution in [3.05, 3.63) is 48.5 Å². The van der Waals surface area contributed by atoms with E-state index in [0.29, 0.717) is 29.2 Å². The van der Waals surface area contributed by atoms with Crippen LogP contribution in [0.1, 0.15) is 63.7 Å². The van der Waals surface area contributed by atoms with Gasteiger partial charge in [-0.05, 0) is 12.1 Å². The van der Waals surface area contributed by atoms with Crippen LogP contribution in [-0.4, -0.2) is 51.9 Å². The van der Waals surface area contributed by atoms with Gasteiger partial charge in [-0.1, -0.05) is 59.7 Å². The lowest BCUT2D eigenvalue weighted by Gasteiger charge is -2.53. The topological polar surface area (TPSA) is 91.2 Å². The van der Waals surface area contributed by atoms with Crippen LogP contribution in [0.25, 0.3) is 11.2 Å². The monoisotopic (exact) mass is 511 g/mol. The third kappa shape index (κ3) is 4.20. The second-order valence-corrected chi connectivity index (χ2v) is 17.5. The first kappa shape index (κ1) is 24.4. The van der Waals surface area contributed by atoms with Gasteiger partial charge in [-0.3, -0.25) is 4.79 Å². The molecule has 2 fully saturated rings. The van der Waals surface area contributed by atoms with Gasteiger partial charge in [0.15, 0.2) is 17.0 Å². The second kappa shape index (κ2) is 8.69. The molecule has 0 unspecified atom stereocenters. The normalized spacial score (nSPS) is 24.3. The van der Waals surface area contributed by atoms with E-state index in [1.165, 1.54) is 6.33 Å². The minimum absolute atomic E-state index is 0.0419. The maximum absolute atomic E-state index is 12.7. The second-order valence-electron chi connectivity index (χ2n) is 11.3. The van der Waals surface area contributed by atoms with Crippen LogP contribution in [0.5, 0.6) is 0 Å². The highest BCUT2D eigenvalue weighted by Crippen LogP contribution is 2.58. The summed E-state index contributed by atoms with van der Waals surface area (Å²) in [4.78, 5) is 26.1. The first-order valence-corrected chi connectivity index (χ1v) is 14.8. The van der Waals surface area contributed by atoms with E-state index in [2.05, 4.69) is 66.4 Å². The molecule has 0 radical (unpaired) electrons. The third-order valence-electron chi connectivity index (χ3n) is 6.86. The van der Waals surface area contributed by atoms with Gasteiger partial charge in [-0.2, -0.15) is 0 Å². The van der Waals surface area contributed by atoms with E-state index >= 15 is 0 Å². The molecule has 0 bridgehead atoms. The fraction of sp³-hybridized carbons (Fsp3) is 0.520. The number of thioether (sulfide) groups is 1. The van der Waals surface area contributed by atoms with Crippen molar-refractivity contribution in [3.8, 4) is 0 Å². The zero-order valence-electron chi connectivity index (χ0n) is 21.1. The van der Waals surface area contributed by atoms with Crippen molar-refractivity contribution < 1.29 is 13.6 Å². The lowest BCUT2D eigenvalue weighted by Crippen LogP contribution is -2.63. The Morgan fingerprint density at radius 3 is 2.49 bits per heavy atom. The predicted molar refractivity (Wildman–Crippen MR) is 141 cm³/mol. The highest BCUT2D eigenvalue weighted by atomic mass is 32.2. The number of fused-ring (bicyclic) bond motifs is 2. The Hall–Kier alpha value is -2.27. The highest BCUT2D eigenvalue weighted by molar-refractivity contribution is 8.00. The van der Waals surface area contributed by atoms with Crippen LogP contribution >= 0.6 is 11.8 Å². The van der Waals surface area contributed by atoms with Crippen molar-refractivity contribution in [2.75, 3.05) is 11.9 Å². The van der Waals surface area contributed by atoms with Crippen LogP contribution in [0.15, 0.2) is 43.0 Å². The molecule has 2 aliphatic rings. The van der Waals surface area contributed by atoms with E-state index in [0.717, 1.165) is 6.42 Å². The number of nitrogens with one attached hydrogen (secondary N) is 1. The summed E-state index contributed by atoms with van der Waals surface area (Å²) in [6, 6.07) is 9.08. The van der Waals surface area contributed by atoms with Crippen LogP contribution in [-0.2, 0) is 8.85 Å². The number of amides is 1. The average molecular weight is 512 g/mol. The van der Waals surface area contributed by atoms with Crippen molar-refractivity contribution in [2.24, 2.45) is 0 Å². The van der Waals surface area contributed by atoms with E-state index < -0.39 is 8.56 Å². The Morgan fingerprint density at radius 2 is 1.80 bits per heavy atom. The number of carbonyl (C=O) groups excluding carboxylic acids is 1. The fourth-order valence-electron chi connectivity index (χ4n) is 5.43. The molecule has 2 aromatic heterocycles. The lowest BCUT2D eigenvalue weighted by atomic mass is 10.2. The van der Waals surface area contributed by atoms with Crippen LogP contribution in [0.3, 0.4) is 0 Å². The molecule has 3 atom stereocenters. The van der Waals surface area contributed by atoms with Gasteiger partial charge in [0.25, 0.3) is 5.91 Å². The number of anilines is 1. The molecule has 1 aromatic carbocycles. The Labute approximate surface area is 211 Å². The third-order valence-corrected chi connectivity index (χ3v) is 13.5. The Balaban J connectivity index is 1.39. The molecule has 186 valence electrons. The number of benzene rings is 1. The highest BCUT2D eigenvalue weighted by Gasteiger charge is 2.63. The first-order valence-electron chi connectivity index (χ1n) is 12.0. The van der Waals surface area contributed by atoms with E-state index in [1.807, 2.05) is 30.0 Å². The molecule has 1 amide bonds. The number of nitrogens with zero attached hydrogens (tertiary/aromatic N) is 4. The maximum Gasteiger partial charge on any atom is 0.349 e. The van der Waals surface area contributed by atoms with Crippen LogP contribution in [0, 0.1) is 0 Å². The minimum atomic E-state index is -2.51. The van der Waals surface area contributed by atoms with E-state index in [-0.39, 0.29) is 32.7 Å². The maximum atomic E-state index is 12.7. The van der Waals surface area contributed by atoms with E-state index in [9.17, 15) is 4.79 Å². The van der Waals surface area contributed by atoms with Crippen molar-refractivity contribution in [1.82, 2.24) is 19.5 Å². The minimum Gasteiger partial charge on any atom is -0.392 e. The summed E-state index contributed by atoms with van der Waals surface area (Å²) >= 11 is 1.85. The summed E-state index contributed by atoms with van der Waals surface area (Å²) in [5.74, 6) is 0.187. The fourth-order valence-corrected chi connectivity index (χ4v) is 12.1. The molecule has 0 saturated carbocycles. The summed E-state index contributed by atoms with van der Waals surface area (Å²) in [6.07, 6.45) is 4.26. The van der Waals surface area contributed by atoms with E-state index in [1.54, 1.807) is 18.5 Å². The van der Waals surface area contributed by atoms with Crippen molar-refractivity contribution in [2.45, 2.75) is 74.8 Å². The summed E-state index contributed by atoms with van der Waals surface area (Å²) in [5.41, 5.74) is 1.85. The van der Waals surface area contributed by atoms with Gasteiger partial charge in [0.05, 0.1) is 29.7 Å². The average Bonchev–Trinajstić information content (AvgIpc) is 3.42. The van der Waals surface area contributed by atoms with Crippen molar-refractivity contribution in [3.63, 3.8) is 0 Å². The van der Waals surface area contributed by atoms with Gasteiger partial charge in [0, 0.05) is 22.1 Å². The zero-order chi connectivity index (χ0) is 25.0. The van der Waals surface area contributed by atoms with Crippen molar-refractivity contribution >= 4 is 43.2 Å². The Bertz CT molecular complexity index is 1220. The molecule has 10 heteroatoms. The van der Waals surface area contributed by atoms with Crippen LogP contribution in [0.4, 0.5) is 5.82 Å². The molecule has 2 saturated heterocycles. The van der Waals surface area contributed by atoms with Crippen LogP contribution in [0.2, 0.25) is 10.1 Å². The number of hydrogen-bond donors (Lipinski definition) is 1. The van der Waals surface area contributed by atoms with Gasteiger partial charge in [-0.15, -0.1) is 11.8 Å². The first-order chi connectivity index (χ1) is 16.5. The number of carbonyl (C=O) groups is 1. The molecule has 0 spiro atoms. The number of imidazole rings is 1. The molecular weight excluding hydrogens is 478 g/mol. The molecule has 0 aliphatic carbocycles. The molecular formula is C25H33N5O3SSi. The molecule has 35 heavy (non-hydrogen) atoms. The zero-order valence-corrected chi connectivity index (χ0v) is 22.9. The molecule has 2 aliphatic heterocycles. The van der Waals surface area contributed by atoms with Gasteiger partial charge in [0.1, 0.15) is 6.33 Å². The van der Waals surface area contributed by atoms with Gasteiger partial charge < -0.3 is 18.7 Å². The lowest BCUT2D eigenvalue weighted by molar-refractivity contribution is 0.0262. The predicted octanol–water partition coefficient (Wildman–Crippen LogP) is 5.54.